The van der Waals surface area contributed by atoms with Crippen molar-refractivity contribution in [2.24, 2.45) is 16.8 Å². The predicted octanol–water partition coefficient (Wildman–Crippen LogP) is 0.820. The molecule has 0 aromatic heterocycles. The molecule has 0 rings (SSSR count). The molecule has 9 heavy (non-hydrogen) atoms. The third-order valence-corrected chi connectivity index (χ3v) is 1.00. The van der Waals surface area contributed by atoms with Crippen molar-refractivity contribution in [1.82, 2.24) is 0 Å². The van der Waals surface area contributed by atoms with Crippen molar-refractivity contribution in [3.63, 3.8) is 0 Å². The van der Waals surface area contributed by atoms with Gasteiger partial charge >= 0.3 is 0 Å². The fraction of sp³-hybridized carbons (Fsp3) is 0.833. The van der Waals surface area contributed by atoms with E-state index < -0.39 is 0 Å². The first-order chi connectivity index (χ1) is 4.16. The summed E-state index contributed by atoms with van der Waals surface area (Å²) >= 11 is 0. The summed E-state index contributed by atoms with van der Waals surface area (Å²) in [7, 11) is 0. The summed E-state index contributed by atoms with van der Waals surface area (Å²) in [6.45, 7) is 4.15. The fourth-order valence-electron chi connectivity index (χ4n) is 0.691. The standard InChI is InChI=1S/C6H14N2O/c1-5(2)3-6(7)4-8-9/h4-6,9H,3,7H2,1-2H3/b8-4+/t6-/m0/s1. The van der Waals surface area contributed by atoms with Gasteiger partial charge in [-0.15, -0.1) is 5.16 Å². The first-order valence-electron chi connectivity index (χ1n) is 3.10. The normalized spacial score (nSPS) is 15.1. The summed E-state index contributed by atoms with van der Waals surface area (Å²) in [4.78, 5) is 0. The van der Waals surface area contributed by atoms with Gasteiger partial charge in [-0.3, -0.25) is 0 Å². The van der Waals surface area contributed by atoms with Crippen LogP contribution < -0.4 is 5.73 Å². The molecule has 0 radical (unpaired) electrons. The van der Waals surface area contributed by atoms with Crippen molar-refractivity contribution in [3.05, 3.63) is 0 Å². The van der Waals surface area contributed by atoms with Gasteiger partial charge in [0.1, 0.15) is 0 Å². The average molecular weight is 130 g/mol. The van der Waals surface area contributed by atoms with Gasteiger partial charge in [0.05, 0.1) is 6.21 Å². The summed E-state index contributed by atoms with van der Waals surface area (Å²) in [5.74, 6) is 0.554. The van der Waals surface area contributed by atoms with E-state index >= 15 is 0 Å². The Labute approximate surface area is 55.5 Å². The lowest BCUT2D eigenvalue weighted by molar-refractivity contribution is 0.319. The Hall–Kier alpha value is -0.570. The highest BCUT2D eigenvalue weighted by Gasteiger charge is 2.00. The molecule has 0 aliphatic rings. The SMILES string of the molecule is CC(C)C[C@H](N)/C=N/O. The zero-order valence-electron chi connectivity index (χ0n) is 5.91. The predicted molar refractivity (Wildman–Crippen MR) is 37.7 cm³/mol. The van der Waals surface area contributed by atoms with Gasteiger partial charge in [-0.2, -0.15) is 0 Å². The van der Waals surface area contributed by atoms with Crippen molar-refractivity contribution in [2.75, 3.05) is 0 Å². The second kappa shape index (κ2) is 4.32. The number of rotatable bonds is 3. The van der Waals surface area contributed by atoms with Crippen LogP contribution in [0.2, 0.25) is 0 Å². The summed E-state index contributed by atoms with van der Waals surface area (Å²) in [6.07, 6.45) is 2.21. The fourth-order valence-corrected chi connectivity index (χ4v) is 0.691. The lowest BCUT2D eigenvalue weighted by Crippen LogP contribution is -2.23. The highest BCUT2D eigenvalue weighted by molar-refractivity contribution is 5.62. The second-order valence-electron chi connectivity index (χ2n) is 2.56. The van der Waals surface area contributed by atoms with Crippen LogP contribution in [-0.2, 0) is 0 Å². The van der Waals surface area contributed by atoms with Crippen molar-refractivity contribution in [1.29, 1.82) is 0 Å². The van der Waals surface area contributed by atoms with Gasteiger partial charge in [0, 0.05) is 6.04 Å². The molecule has 0 aromatic carbocycles. The third kappa shape index (κ3) is 5.30. The van der Waals surface area contributed by atoms with Gasteiger partial charge in [-0.05, 0) is 12.3 Å². The minimum absolute atomic E-state index is 0.102. The molecule has 0 unspecified atom stereocenters. The maximum absolute atomic E-state index is 8.04. The Morgan fingerprint density at radius 2 is 2.22 bits per heavy atom. The summed E-state index contributed by atoms with van der Waals surface area (Å²) in [5.41, 5.74) is 5.48. The van der Waals surface area contributed by atoms with Crippen LogP contribution in [0.15, 0.2) is 5.16 Å². The van der Waals surface area contributed by atoms with E-state index in [0.29, 0.717) is 5.92 Å². The van der Waals surface area contributed by atoms with E-state index in [9.17, 15) is 0 Å². The molecule has 54 valence electrons. The number of hydrogen-bond acceptors (Lipinski definition) is 3. The largest absolute Gasteiger partial charge is 0.411 e. The summed E-state index contributed by atoms with van der Waals surface area (Å²) in [5, 5.41) is 10.9. The maximum Gasteiger partial charge on any atom is 0.0603 e. The van der Waals surface area contributed by atoms with Crippen molar-refractivity contribution >= 4 is 6.21 Å². The lowest BCUT2D eigenvalue weighted by atomic mass is 10.1. The van der Waals surface area contributed by atoms with Gasteiger partial charge in [0.2, 0.25) is 0 Å². The monoisotopic (exact) mass is 130 g/mol. The van der Waals surface area contributed by atoms with Crippen LogP contribution >= 0.6 is 0 Å². The van der Waals surface area contributed by atoms with Crippen LogP contribution in [0.4, 0.5) is 0 Å². The molecule has 1 atom stereocenters. The molecule has 0 aromatic rings. The Bertz CT molecular complexity index is 91.1. The van der Waals surface area contributed by atoms with E-state index in [0.717, 1.165) is 6.42 Å². The molecule has 0 saturated carbocycles. The van der Waals surface area contributed by atoms with Crippen LogP contribution in [0.25, 0.3) is 0 Å². The molecule has 0 heterocycles. The Balaban J connectivity index is 3.38. The van der Waals surface area contributed by atoms with Crippen LogP contribution in [0, 0.1) is 5.92 Å². The van der Waals surface area contributed by atoms with Crippen molar-refractivity contribution in [3.8, 4) is 0 Å². The Kier molecular flexibility index (Phi) is 4.05. The molecule has 0 fully saturated rings. The van der Waals surface area contributed by atoms with Crippen molar-refractivity contribution in [2.45, 2.75) is 26.3 Å². The van der Waals surface area contributed by atoms with E-state index in [1.54, 1.807) is 0 Å². The number of nitrogens with two attached hydrogens (primary N) is 1. The maximum atomic E-state index is 8.04. The van der Waals surface area contributed by atoms with E-state index in [-0.39, 0.29) is 6.04 Å². The Morgan fingerprint density at radius 1 is 1.67 bits per heavy atom. The van der Waals surface area contributed by atoms with E-state index in [4.69, 9.17) is 10.9 Å². The minimum atomic E-state index is -0.102. The van der Waals surface area contributed by atoms with Crippen LogP contribution in [-0.4, -0.2) is 17.5 Å². The average Bonchev–Trinajstić information content (AvgIpc) is 1.63. The van der Waals surface area contributed by atoms with Crippen LogP contribution in [0.3, 0.4) is 0 Å². The number of hydrogen-bond donors (Lipinski definition) is 2. The Morgan fingerprint density at radius 3 is 2.56 bits per heavy atom. The number of nitrogens with zero attached hydrogens (tertiary/aromatic N) is 1. The summed E-state index contributed by atoms with van der Waals surface area (Å²) < 4.78 is 0. The molecule has 3 N–H and O–H groups in total. The van der Waals surface area contributed by atoms with Crippen LogP contribution in [0.1, 0.15) is 20.3 Å². The van der Waals surface area contributed by atoms with E-state index in [1.165, 1.54) is 6.21 Å². The first-order valence-corrected chi connectivity index (χ1v) is 3.10. The molecule has 0 aliphatic heterocycles. The van der Waals surface area contributed by atoms with Gasteiger partial charge in [0.15, 0.2) is 0 Å². The molecular weight excluding hydrogens is 116 g/mol. The molecule has 3 heteroatoms. The van der Waals surface area contributed by atoms with E-state index in [1.807, 2.05) is 0 Å². The van der Waals surface area contributed by atoms with E-state index in [2.05, 4.69) is 19.0 Å². The smallest absolute Gasteiger partial charge is 0.0603 e. The first kappa shape index (κ1) is 8.43. The molecule has 3 nitrogen and oxygen atoms in total. The molecule has 0 spiro atoms. The van der Waals surface area contributed by atoms with Gasteiger partial charge in [-0.1, -0.05) is 13.8 Å². The zero-order chi connectivity index (χ0) is 7.28. The topological polar surface area (TPSA) is 58.6 Å². The quantitative estimate of drug-likeness (QED) is 0.337. The van der Waals surface area contributed by atoms with Gasteiger partial charge in [-0.25, -0.2) is 0 Å². The minimum Gasteiger partial charge on any atom is -0.411 e. The molecule has 0 saturated heterocycles. The highest BCUT2D eigenvalue weighted by Crippen LogP contribution is 1.99. The summed E-state index contributed by atoms with van der Waals surface area (Å²) in [6, 6.07) is -0.102. The zero-order valence-corrected chi connectivity index (χ0v) is 5.91. The molecule has 0 bridgehead atoms. The molecule has 0 amide bonds. The molecular formula is C6H14N2O. The highest BCUT2D eigenvalue weighted by atomic mass is 16.4. The molecule has 0 aliphatic carbocycles. The third-order valence-electron chi connectivity index (χ3n) is 1.00. The van der Waals surface area contributed by atoms with Crippen LogP contribution in [0.5, 0.6) is 0 Å². The van der Waals surface area contributed by atoms with Gasteiger partial charge in [0.25, 0.3) is 0 Å². The lowest BCUT2D eigenvalue weighted by Gasteiger charge is -2.06. The number of oxime groups is 1. The van der Waals surface area contributed by atoms with Gasteiger partial charge < -0.3 is 10.9 Å². The van der Waals surface area contributed by atoms with Crippen molar-refractivity contribution < 1.29 is 5.21 Å². The second-order valence-corrected chi connectivity index (χ2v) is 2.56.